The van der Waals surface area contributed by atoms with Gasteiger partial charge in [0.15, 0.2) is 0 Å². The lowest BCUT2D eigenvalue weighted by Crippen LogP contribution is -2.07. The zero-order valence-electron chi connectivity index (χ0n) is 8.07. The molecule has 0 aromatic heterocycles. The van der Waals surface area contributed by atoms with Crippen LogP contribution in [-0.4, -0.2) is 31.1 Å². The fraction of sp³-hybridized carbons (Fsp3) is 0.200. The molecule has 4 heteroatoms. The summed E-state index contributed by atoms with van der Waals surface area (Å²) >= 11 is 5.69. The molecule has 0 aliphatic rings. The molecule has 1 aromatic carbocycles. The van der Waals surface area contributed by atoms with Crippen molar-refractivity contribution >= 4 is 23.6 Å². The first-order chi connectivity index (χ1) is 6.59. The smallest absolute Gasteiger partial charge is 0.205 e. The Hall–Kier alpha value is -1.35. The molecular weight excluding hydrogens is 200 g/mol. The second-order valence-corrected chi connectivity index (χ2v) is 3.40. The van der Waals surface area contributed by atoms with Crippen LogP contribution < -0.4 is 0 Å². The second-order valence-electron chi connectivity index (χ2n) is 2.96. The minimum Gasteiger partial charge on any atom is -0.303 e. The predicted octanol–water partition coefficient (Wildman–Crippen LogP) is 2.07. The van der Waals surface area contributed by atoms with Crippen molar-refractivity contribution in [1.82, 2.24) is 5.01 Å². The number of carbonyl (C=O) groups excluding carboxylic acids is 1. The molecule has 3 nitrogen and oxygen atoms in total. The Morgan fingerprint density at radius 1 is 1.36 bits per heavy atom. The minimum atomic E-state index is -0.129. The number of halogens is 1. The highest BCUT2D eigenvalue weighted by atomic mass is 35.5. The normalized spacial score (nSPS) is 10.5. The topological polar surface area (TPSA) is 32.7 Å². The van der Waals surface area contributed by atoms with Crippen LogP contribution in [0, 0.1) is 0 Å². The number of ketones is 1. The summed E-state index contributed by atoms with van der Waals surface area (Å²) in [6.07, 6.45) is 1.28. The van der Waals surface area contributed by atoms with E-state index in [9.17, 15) is 4.79 Å². The van der Waals surface area contributed by atoms with Gasteiger partial charge in [-0.1, -0.05) is 11.6 Å². The van der Waals surface area contributed by atoms with E-state index < -0.39 is 0 Å². The Morgan fingerprint density at radius 3 is 2.43 bits per heavy atom. The van der Waals surface area contributed by atoms with Crippen molar-refractivity contribution in [1.29, 1.82) is 0 Å². The van der Waals surface area contributed by atoms with Crippen LogP contribution in [0.5, 0.6) is 0 Å². The van der Waals surface area contributed by atoms with Crippen LogP contribution in [0.15, 0.2) is 29.4 Å². The maximum atomic E-state index is 11.4. The van der Waals surface area contributed by atoms with Gasteiger partial charge < -0.3 is 5.01 Å². The van der Waals surface area contributed by atoms with Crippen LogP contribution >= 0.6 is 11.6 Å². The number of hydrogen-bond donors (Lipinski definition) is 0. The molecule has 0 heterocycles. The Balaban J connectivity index is 2.75. The lowest BCUT2D eigenvalue weighted by atomic mass is 10.1. The van der Waals surface area contributed by atoms with E-state index in [1.54, 1.807) is 43.4 Å². The fourth-order valence-corrected chi connectivity index (χ4v) is 0.983. The average Bonchev–Trinajstić information content (AvgIpc) is 2.15. The standard InChI is InChI=1S/C10H11ClN2O/c1-13(2)12-7-10(14)8-3-5-9(11)6-4-8/h3-7H,1-2H3/b12-7-. The molecule has 0 amide bonds. The highest BCUT2D eigenvalue weighted by molar-refractivity contribution is 6.35. The van der Waals surface area contributed by atoms with E-state index in [1.807, 2.05) is 0 Å². The molecular formula is C10H11ClN2O. The number of nitrogens with zero attached hydrogens (tertiary/aromatic N) is 2. The van der Waals surface area contributed by atoms with Gasteiger partial charge in [0.25, 0.3) is 0 Å². The summed E-state index contributed by atoms with van der Waals surface area (Å²) in [5, 5.41) is 6.03. The molecule has 0 saturated carbocycles. The first-order valence-electron chi connectivity index (χ1n) is 4.11. The Kier molecular flexibility index (Phi) is 3.65. The Morgan fingerprint density at radius 2 is 1.93 bits per heavy atom. The van der Waals surface area contributed by atoms with E-state index in [0.717, 1.165) is 0 Å². The number of benzene rings is 1. The quantitative estimate of drug-likeness (QED) is 0.435. The van der Waals surface area contributed by atoms with Gasteiger partial charge in [0, 0.05) is 24.7 Å². The highest BCUT2D eigenvalue weighted by Gasteiger charge is 2.01. The molecule has 0 saturated heterocycles. The maximum absolute atomic E-state index is 11.4. The third kappa shape index (κ3) is 3.18. The third-order valence-electron chi connectivity index (χ3n) is 1.53. The van der Waals surface area contributed by atoms with Crippen molar-refractivity contribution in [3.63, 3.8) is 0 Å². The van der Waals surface area contributed by atoms with Crippen molar-refractivity contribution in [2.24, 2.45) is 5.10 Å². The summed E-state index contributed by atoms with van der Waals surface area (Å²) in [5.41, 5.74) is 0.583. The van der Waals surface area contributed by atoms with Crippen molar-refractivity contribution in [2.45, 2.75) is 0 Å². The van der Waals surface area contributed by atoms with E-state index >= 15 is 0 Å². The summed E-state index contributed by atoms with van der Waals surface area (Å²) in [7, 11) is 3.51. The first-order valence-corrected chi connectivity index (χ1v) is 4.48. The number of carbonyl (C=O) groups is 1. The largest absolute Gasteiger partial charge is 0.303 e. The monoisotopic (exact) mass is 210 g/mol. The average molecular weight is 211 g/mol. The van der Waals surface area contributed by atoms with Crippen LogP contribution in [0.25, 0.3) is 0 Å². The summed E-state index contributed by atoms with van der Waals surface area (Å²) in [6.45, 7) is 0. The van der Waals surface area contributed by atoms with Gasteiger partial charge in [-0.15, -0.1) is 0 Å². The summed E-state index contributed by atoms with van der Waals surface area (Å²) in [5.74, 6) is -0.129. The van der Waals surface area contributed by atoms with Crippen molar-refractivity contribution in [3.05, 3.63) is 34.9 Å². The van der Waals surface area contributed by atoms with Gasteiger partial charge >= 0.3 is 0 Å². The SMILES string of the molecule is CN(C)/N=C\C(=O)c1ccc(Cl)cc1. The molecule has 0 aliphatic carbocycles. The molecule has 0 atom stereocenters. The first kappa shape index (κ1) is 10.7. The van der Waals surface area contributed by atoms with Gasteiger partial charge in [0.05, 0.1) is 6.21 Å². The number of rotatable bonds is 3. The van der Waals surface area contributed by atoms with Gasteiger partial charge in [0.2, 0.25) is 5.78 Å². The van der Waals surface area contributed by atoms with Crippen molar-refractivity contribution < 1.29 is 4.79 Å². The molecule has 0 aliphatic heterocycles. The van der Waals surface area contributed by atoms with Gasteiger partial charge in [-0.25, -0.2) is 0 Å². The van der Waals surface area contributed by atoms with Crippen LogP contribution in [0.4, 0.5) is 0 Å². The highest BCUT2D eigenvalue weighted by Crippen LogP contribution is 2.09. The molecule has 0 fully saturated rings. The molecule has 1 rings (SSSR count). The van der Waals surface area contributed by atoms with Gasteiger partial charge in [-0.05, 0) is 24.3 Å². The van der Waals surface area contributed by atoms with E-state index in [0.29, 0.717) is 10.6 Å². The van der Waals surface area contributed by atoms with Gasteiger partial charge in [0.1, 0.15) is 0 Å². The molecule has 0 spiro atoms. The van der Waals surface area contributed by atoms with E-state index in [4.69, 9.17) is 11.6 Å². The summed E-state index contributed by atoms with van der Waals surface area (Å²) < 4.78 is 0. The third-order valence-corrected chi connectivity index (χ3v) is 1.79. The van der Waals surface area contributed by atoms with Crippen LogP contribution in [0.1, 0.15) is 10.4 Å². The van der Waals surface area contributed by atoms with E-state index in [1.165, 1.54) is 6.21 Å². The molecule has 0 N–H and O–H groups in total. The zero-order valence-corrected chi connectivity index (χ0v) is 8.82. The number of hydrogen-bond acceptors (Lipinski definition) is 3. The van der Waals surface area contributed by atoms with Crippen molar-refractivity contribution in [3.8, 4) is 0 Å². The molecule has 74 valence electrons. The van der Waals surface area contributed by atoms with E-state index in [-0.39, 0.29) is 5.78 Å². The van der Waals surface area contributed by atoms with Crippen LogP contribution in [-0.2, 0) is 0 Å². The van der Waals surface area contributed by atoms with Gasteiger partial charge in [-0.3, -0.25) is 4.79 Å². The molecule has 1 aromatic rings. The molecule has 0 bridgehead atoms. The maximum Gasteiger partial charge on any atom is 0.205 e. The number of Topliss-reactive ketones (excluding diaryl/α,β-unsaturated/α-hetero) is 1. The van der Waals surface area contributed by atoms with Crippen LogP contribution in [0.3, 0.4) is 0 Å². The predicted molar refractivity (Wildman–Crippen MR) is 58.0 cm³/mol. The lowest BCUT2D eigenvalue weighted by molar-refractivity contribution is 0.106. The lowest BCUT2D eigenvalue weighted by Gasteiger charge is -2.01. The Bertz CT molecular complexity index is 344. The van der Waals surface area contributed by atoms with E-state index in [2.05, 4.69) is 5.10 Å². The summed E-state index contributed by atoms with van der Waals surface area (Å²) in [6, 6.07) is 6.70. The molecule has 14 heavy (non-hydrogen) atoms. The van der Waals surface area contributed by atoms with Crippen molar-refractivity contribution in [2.75, 3.05) is 14.1 Å². The number of hydrazone groups is 1. The Labute approximate surface area is 88.0 Å². The summed E-state index contributed by atoms with van der Waals surface area (Å²) in [4.78, 5) is 11.4. The van der Waals surface area contributed by atoms with Gasteiger partial charge in [-0.2, -0.15) is 5.10 Å². The zero-order chi connectivity index (χ0) is 10.6. The fourth-order valence-electron chi connectivity index (χ4n) is 0.857. The molecule has 0 radical (unpaired) electrons. The second kappa shape index (κ2) is 4.77. The van der Waals surface area contributed by atoms with Crippen LogP contribution in [0.2, 0.25) is 5.02 Å². The molecule has 0 unspecified atom stereocenters. The minimum absolute atomic E-state index is 0.129.